The van der Waals surface area contributed by atoms with Crippen LogP contribution < -0.4 is 10.6 Å². The average molecular weight is 326 g/mol. The molecule has 0 radical (unpaired) electrons. The number of fused-ring (bicyclic) bond motifs is 1. The van der Waals surface area contributed by atoms with Crippen molar-refractivity contribution in [1.29, 1.82) is 0 Å². The van der Waals surface area contributed by atoms with E-state index in [1.165, 1.54) is 6.42 Å². The van der Waals surface area contributed by atoms with E-state index in [4.69, 9.17) is 0 Å². The molecule has 2 amide bonds. The van der Waals surface area contributed by atoms with Gasteiger partial charge in [0.1, 0.15) is 0 Å². The summed E-state index contributed by atoms with van der Waals surface area (Å²) in [5, 5.41) is 5.76. The van der Waals surface area contributed by atoms with Crippen LogP contribution in [0.2, 0.25) is 0 Å². The molecule has 0 saturated heterocycles. The monoisotopic (exact) mass is 326 g/mol. The lowest BCUT2D eigenvalue weighted by Gasteiger charge is -2.22. The van der Waals surface area contributed by atoms with Crippen molar-refractivity contribution in [1.82, 2.24) is 20.0 Å². The Labute approximate surface area is 141 Å². The molecule has 0 aromatic carbocycles. The minimum atomic E-state index is -0.326. The molecule has 2 N–H and O–H groups in total. The zero-order valence-electron chi connectivity index (χ0n) is 13.6. The van der Waals surface area contributed by atoms with E-state index in [1.54, 1.807) is 22.7 Å². The second-order valence-corrected chi connectivity index (χ2v) is 6.05. The predicted molar refractivity (Wildman–Crippen MR) is 92.1 cm³/mol. The SMILES string of the molecule is C=CCNC(=O)c1nc(C(=O)NC2CCCCC2)c2ccccn12. The zero-order chi connectivity index (χ0) is 16.9. The molecule has 1 fully saturated rings. The molecule has 2 heterocycles. The molecule has 3 rings (SSSR count). The van der Waals surface area contributed by atoms with Gasteiger partial charge in [-0.2, -0.15) is 0 Å². The molecule has 2 aromatic heterocycles. The topological polar surface area (TPSA) is 75.5 Å². The van der Waals surface area contributed by atoms with Gasteiger partial charge in [-0.15, -0.1) is 6.58 Å². The van der Waals surface area contributed by atoms with Crippen molar-refractivity contribution in [3.05, 3.63) is 48.6 Å². The van der Waals surface area contributed by atoms with E-state index in [2.05, 4.69) is 22.2 Å². The summed E-state index contributed by atoms with van der Waals surface area (Å²) in [7, 11) is 0. The van der Waals surface area contributed by atoms with Crippen LogP contribution >= 0.6 is 0 Å². The smallest absolute Gasteiger partial charge is 0.287 e. The van der Waals surface area contributed by atoms with E-state index in [9.17, 15) is 9.59 Å². The Balaban J connectivity index is 1.88. The highest BCUT2D eigenvalue weighted by atomic mass is 16.2. The van der Waals surface area contributed by atoms with Crippen LogP contribution in [0.5, 0.6) is 0 Å². The summed E-state index contributed by atoms with van der Waals surface area (Å²) in [6, 6.07) is 5.64. The van der Waals surface area contributed by atoms with Gasteiger partial charge in [0, 0.05) is 18.8 Å². The minimum Gasteiger partial charge on any atom is -0.348 e. The van der Waals surface area contributed by atoms with Crippen molar-refractivity contribution < 1.29 is 9.59 Å². The third-order valence-electron chi connectivity index (χ3n) is 4.31. The minimum absolute atomic E-state index is 0.199. The highest BCUT2D eigenvalue weighted by molar-refractivity contribution is 6.02. The van der Waals surface area contributed by atoms with Crippen LogP contribution in [0.3, 0.4) is 0 Å². The highest BCUT2D eigenvalue weighted by Gasteiger charge is 2.23. The lowest BCUT2D eigenvalue weighted by atomic mass is 9.95. The van der Waals surface area contributed by atoms with Crippen LogP contribution in [0.15, 0.2) is 37.1 Å². The summed E-state index contributed by atoms with van der Waals surface area (Å²) in [6.45, 7) is 3.93. The van der Waals surface area contributed by atoms with Crippen LogP contribution in [0.1, 0.15) is 53.2 Å². The molecule has 6 heteroatoms. The Kier molecular flexibility index (Phi) is 4.93. The number of rotatable bonds is 5. The van der Waals surface area contributed by atoms with Crippen molar-refractivity contribution >= 4 is 17.3 Å². The molecule has 1 aliphatic rings. The molecule has 0 atom stereocenters. The second-order valence-electron chi connectivity index (χ2n) is 6.05. The first kappa shape index (κ1) is 16.2. The maximum Gasteiger partial charge on any atom is 0.287 e. The molecule has 24 heavy (non-hydrogen) atoms. The molecule has 0 spiro atoms. The third-order valence-corrected chi connectivity index (χ3v) is 4.31. The van der Waals surface area contributed by atoms with Crippen LogP contribution in [-0.2, 0) is 0 Å². The van der Waals surface area contributed by atoms with Gasteiger partial charge in [-0.1, -0.05) is 31.4 Å². The number of hydrogen-bond donors (Lipinski definition) is 2. The number of imidazole rings is 1. The molecule has 0 unspecified atom stereocenters. The number of hydrogen-bond acceptors (Lipinski definition) is 3. The molecular formula is C18H22N4O2. The number of carbonyl (C=O) groups is 2. The Hall–Kier alpha value is -2.63. The van der Waals surface area contributed by atoms with Gasteiger partial charge in [-0.25, -0.2) is 4.98 Å². The standard InChI is InChI=1S/C18H22N4O2/c1-2-11-19-18(24)16-21-15(14-10-6-7-12-22(14)16)17(23)20-13-8-4-3-5-9-13/h2,6-7,10,12-13H,1,3-5,8-9,11H2,(H,19,24)(H,20,23). The number of carbonyl (C=O) groups excluding carboxylic acids is 2. The van der Waals surface area contributed by atoms with Gasteiger partial charge in [0.25, 0.3) is 11.8 Å². The van der Waals surface area contributed by atoms with E-state index < -0.39 is 0 Å². The fourth-order valence-corrected chi connectivity index (χ4v) is 3.11. The molecule has 2 aromatic rings. The van der Waals surface area contributed by atoms with E-state index in [0.29, 0.717) is 17.8 Å². The van der Waals surface area contributed by atoms with Gasteiger partial charge in [0.15, 0.2) is 5.69 Å². The molecule has 0 bridgehead atoms. The van der Waals surface area contributed by atoms with E-state index in [0.717, 1.165) is 25.7 Å². The predicted octanol–water partition coefficient (Wildman–Crippen LogP) is 2.31. The van der Waals surface area contributed by atoms with Crippen LogP contribution in [0.25, 0.3) is 5.52 Å². The van der Waals surface area contributed by atoms with Gasteiger partial charge in [-0.3, -0.25) is 14.0 Å². The molecule has 6 nitrogen and oxygen atoms in total. The van der Waals surface area contributed by atoms with Crippen molar-refractivity contribution in [2.75, 3.05) is 6.54 Å². The van der Waals surface area contributed by atoms with Gasteiger partial charge in [-0.05, 0) is 25.0 Å². The zero-order valence-corrected chi connectivity index (χ0v) is 13.6. The summed E-state index contributed by atoms with van der Waals surface area (Å²) in [5.41, 5.74) is 0.930. The summed E-state index contributed by atoms with van der Waals surface area (Å²) < 4.78 is 1.65. The first-order valence-corrected chi connectivity index (χ1v) is 8.37. The summed E-state index contributed by atoms with van der Waals surface area (Å²) in [5.74, 6) is -0.331. The largest absolute Gasteiger partial charge is 0.348 e. The van der Waals surface area contributed by atoms with Gasteiger partial charge in [0.2, 0.25) is 5.82 Å². The number of aromatic nitrogens is 2. The Bertz CT molecular complexity index is 759. The maximum atomic E-state index is 12.6. The first-order valence-electron chi connectivity index (χ1n) is 8.37. The molecule has 126 valence electrons. The lowest BCUT2D eigenvalue weighted by Crippen LogP contribution is -2.36. The highest BCUT2D eigenvalue weighted by Crippen LogP contribution is 2.19. The Morgan fingerprint density at radius 2 is 2.04 bits per heavy atom. The van der Waals surface area contributed by atoms with Crippen molar-refractivity contribution in [2.24, 2.45) is 0 Å². The first-order chi connectivity index (χ1) is 11.7. The molecule has 1 saturated carbocycles. The Morgan fingerprint density at radius 1 is 1.25 bits per heavy atom. The number of pyridine rings is 1. The second kappa shape index (κ2) is 7.29. The van der Waals surface area contributed by atoms with Crippen molar-refractivity contribution in [3.63, 3.8) is 0 Å². The summed E-state index contributed by atoms with van der Waals surface area (Å²) in [4.78, 5) is 29.2. The average Bonchev–Trinajstić information content (AvgIpc) is 3.00. The van der Waals surface area contributed by atoms with E-state index >= 15 is 0 Å². The molecule has 1 aliphatic carbocycles. The van der Waals surface area contributed by atoms with Crippen LogP contribution in [0, 0.1) is 0 Å². The lowest BCUT2D eigenvalue weighted by molar-refractivity contribution is 0.0925. The van der Waals surface area contributed by atoms with E-state index in [-0.39, 0.29) is 23.7 Å². The number of nitrogens with zero attached hydrogens (tertiary/aromatic N) is 2. The molecular weight excluding hydrogens is 304 g/mol. The Morgan fingerprint density at radius 3 is 2.79 bits per heavy atom. The van der Waals surface area contributed by atoms with Gasteiger partial charge < -0.3 is 10.6 Å². The fraction of sp³-hybridized carbons (Fsp3) is 0.389. The van der Waals surface area contributed by atoms with Crippen molar-refractivity contribution in [2.45, 2.75) is 38.1 Å². The van der Waals surface area contributed by atoms with Gasteiger partial charge in [0.05, 0.1) is 5.52 Å². The van der Waals surface area contributed by atoms with Crippen LogP contribution in [-0.4, -0.2) is 33.8 Å². The quantitative estimate of drug-likeness (QED) is 0.828. The summed E-state index contributed by atoms with van der Waals surface area (Å²) in [6.07, 6.45) is 8.86. The van der Waals surface area contributed by atoms with Gasteiger partial charge >= 0.3 is 0 Å². The van der Waals surface area contributed by atoms with Crippen molar-refractivity contribution in [3.8, 4) is 0 Å². The summed E-state index contributed by atoms with van der Waals surface area (Å²) >= 11 is 0. The number of amides is 2. The maximum absolute atomic E-state index is 12.6. The van der Waals surface area contributed by atoms with E-state index in [1.807, 2.05) is 12.1 Å². The number of nitrogens with one attached hydrogen (secondary N) is 2. The molecule has 0 aliphatic heterocycles. The normalized spacial score (nSPS) is 15.2. The third kappa shape index (κ3) is 3.32. The fourth-order valence-electron chi connectivity index (χ4n) is 3.11. The van der Waals surface area contributed by atoms with Crippen LogP contribution in [0.4, 0.5) is 0 Å².